The highest BCUT2D eigenvalue weighted by Crippen LogP contribution is 2.20. The van der Waals surface area contributed by atoms with Gasteiger partial charge in [-0.2, -0.15) is 0 Å². The lowest BCUT2D eigenvalue weighted by Gasteiger charge is -2.31. The van der Waals surface area contributed by atoms with E-state index < -0.39 is 0 Å². The van der Waals surface area contributed by atoms with Crippen molar-refractivity contribution >= 4 is 5.96 Å². The van der Waals surface area contributed by atoms with E-state index in [1.165, 1.54) is 0 Å². The summed E-state index contributed by atoms with van der Waals surface area (Å²) in [5.41, 5.74) is 0.791. The topological polar surface area (TPSA) is 58.1 Å². The number of piperidine rings is 1. The number of hydrogen-bond donors (Lipinski definition) is 2. The lowest BCUT2D eigenvalue weighted by atomic mass is 9.96. The van der Waals surface area contributed by atoms with E-state index in [2.05, 4.69) is 22.5 Å². The van der Waals surface area contributed by atoms with Crippen molar-refractivity contribution in [2.45, 2.75) is 45.6 Å². The van der Waals surface area contributed by atoms with Crippen molar-refractivity contribution in [3.05, 3.63) is 35.6 Å². The number of likely N-dealkylation sites (tertiary alicyclic amines) is 1. The normalized spacial score (nSPS) is 19.2. The highest BCUT2D eigenvalue weighted by molar-refractivity contribution is 5.79. The van der Waals surface area contributed by atoms with Crippen molar-refractivity contribution in [2.24, 2.45) is 16.8 Å². The Balaban J connectivity index is 1.29. The third-order valence-electron chi connectivity index (χ3n) is 6.36. The monoisotopic (exact) mass is 448 g/mol. The third-order valence-corrected chi connectivity index (χ3v) is 6.36. The lowest BCUT2D eigenvalue weighted by molar-refractivity contribution is 0.0203. The number of nitrogens with one attached hydrogen (secondary N) is 2. The van der Waals surface area contributed by atoms with E-state index in [0.717, 1.165) is 103 Å². The van der Waals surface area contributed by atoms with Gasteiger partial charge in [0, 0.05) is 58.2 Å². The molecule has 32 heavy (non-hydrogen) atoms. The maximum Gasteiger partial charge on any atom is 0.191 e. The Morgan fingerprint density at radius 1 is 1.12 bits per heavy atom. The first-order valence-corrected chi connectivity index (χ1v) is 12.4. The second kappa shape index (κ2) is 14.4. The molecule has 180 valence electrons. The molecule has 2 N–H and O–H groups in total. The Morgan fingerprint density at radius 2 is 1.91 bits per heavy atom. The van der Waals surface area contributed by atoms with Crippen LogP contribution in [0.4, 0.5) is 4.39 Å². The predicted octanol–water partition coefficient (Wildman–Crippen LogP) is 3.43. The van der Waals surface area contributed by atoms with Gasteiger partial charge < -0.3 is 20.1 Å². The zero-order valence-corrected chi connectivity index (χ0v) is 19.7. The molecule has 0 aromatic heterocycles. The molecule has 0 amide bonds. The summed E-state index contributed by atoms with van der Waals surface area (Å²) in [6, 6.07) is 7.09. The van der Waals surface area contributed by atoms with Gasteiger partial charge in [0.25, 0.3) is 0 Å². The minimum Gasteiger partial charge on any atom is -0.381 e. The van der Waals surface area contributed by atoms with E-state index in [9.17, 15) is 4.39 Å². The highest BCUT2D eigenvalue weighted by atomic mass is 19.1. The summed E-state index contributed by atoms with van der Waals surface area (Å²) in [6.07, 6.45) is 5.44. The number of nitrogens with zero attached hydrogens (tertiary/aromatic N) is 2. The van der Waals surface area contributed by atoms with Crippen LogP contribution in [0.1, 0.15) is 44.6 Å². The number of rotatable bonds is 11. The predicted molar refractivity (Wildman–Crippen MR) is 127 cm³/mol. The standard InChI is InChI=1S/C25H41FN4O2/c1-2-27-25(28-12-5-15-32-20-22-10-16-31-17-11-22)29-18-21-8-13-30(14-9-21)19-23-6-3-4-7-24(23)26/h3-4,6-7,21-22H,2,5,8-20H2,1H3,(H2,27,28,29). The van der Waals surface area contributed by atoms with Gasteiger partial charge in [0.05, 0.1) is 0 Å². The zero-order chi connectivity index (χ0) is 22.4. The molecule has 0 saturated carbocycles. The van der Waals surface area contributed by atoms with Gasteiger partial charge in [-0.3, -0.25) is 9.89 Å². The summed E-state index contributed by atoms with van der Waals surface area (Å²) in [5, 5.41) is 6.78. The molecule has 0 atom stereocenters. The average Bonchev–Trinajstić information content (AvgIpc) is 2.82. The van der Waals surface area contributed by atoms with Crippen molar-refractivity contribution < 1.29 is 13.9 Å². The van der Waals surface area contributed by atoms with E-state index in [4.69, 9.17) is 14.5 Å². The fourth-order valence-corrected chi connectivity index (χ4v) is 4.30. The van der Waals surface area contributed by atoms with E-state index >= 15 is 0 Å². The molecule has 0 radical (unpaired) electrons. The molecular weight excluding hydrogens is 407 g/mol. The molecule has 2 aliphatic rings. The summed E-state index contributed by atoms with van der Waals surface area (Å²) in [5.74, 6) is 2.04. The smallest absolute Gasteiger partial charge is 0.191 e. The first-order valence-electron chi connectivity index (χ1n) is 12.4. The van der Waals surface area contributed by atoms with Crippen LogP contribution in [0.15, 0.2) is 29.3 Å². The highest BCUT2D eigenvalue weighted by Gasteiger charge is 2.20. The van der Waals surface area contributed by atoms with Gasteiger partial charge in [0.15, 0.2) is 5.96 Å². The van der Waals surface area contributed by atoms with Crippen LogP contribution in [0.2, 0.25) is 0 Å². The zero-order valence-electron chi connectivity index (χ0n) is 19.7. The average molecular weight is 449 g/mol. The van der Waals surface area contributed by atoms with Gasteiger partial charge in [-0.1, -0.05) is 18.2 Å². The number of benzene rings is 1. The quantitative estimate of drug-likeness (QED) is 0.309. The second-order valence-electron chi connectivity index (χ2n) is 8.94. The van der Waals surface area contributed by atoms with Crippen molar-refractivity contribution in [1.82, 2.24) is 15.5 Å². The molecule has 3 rings (SSSR count). The fraction of sp³-hybridized carbons (Fsp3) is 0.720. The minimum atomic E-state index is -0.102. The first-order chi connectivity index (χ1) is 15.7. The molecule has 2 heterocycles. The summed E-state index contributed by atoms with van der Waals surface area (Å²) in [6.45, 7) is 10.7. The van der Waals surface area contributed by atoms with Crippen molar-refractivity contribution in [2.75, 3.05) is 59.2 Å². The van der Waals surface area contributed by atoms with E-state index in [-0.39, 0.29) is 5.82 Å². The Hall–Kier alpha value is -1.70. The van der Waals surface area contributed by atoms with Crippen LogP contribution in [0, 0.1) is 17.7 Å². The molecule has 0 aliphatic carbocycles. The van der Waals surface area contributed by atoms with E-state index in [1.807, 2.05) is 12.1 Å². The second-order valence-corrected chi connectivity index (χ2v) is 8.94. The Bertz CT molecular complexity index is 674. The van der Waals surface area contributed by atoms with Crippen molar-refractivity contribution in [3.8, 4) is 0 Å². The van der Waals surface area contributed by atoms with Gasteiger partial charge in [-0.15, -0.1) is 0 Å². The number of guanidine groups is 1. The molecule has 7 heteroatoms. The van der Waals surface area contributed by atoms with Crippen LogP contribution in [0.5, 0.6) is 0 Å². The van der Waals surface area contributed by atoms with Gasteiger partial charge in [0.1, 0.15) is 5.82 Å². The van der Waals surface area contributed by atoms with Gasteiger partial charge in [0.2, 0.25) is 0 Å². The van der Waals surface area contributed by atoms with Gasteiger partial charge >= 0.3 is 0 Å². The maximum absolute atomic E-state index is 13.9. The first kappa shape index (κ1) is 24.9. The van der Waals surface area contributed by atoms with E-state index in [0.29, 0.717) is 18.4 Å². The molecule has 1 aromatic carbocycles. The molecule has 0 unspecified atom stereocenters. The van der Waals surface area contributed by atoms with Crippen LogP contribution < -0.4 is 10.6 Å². The van der Waals surface area contributed by atoms with Crippen molar-refractivity contribution in [1.29, 1.82) is 0 Å². The molecule has 1 aromatic rings. The van der Waals surface area contributed by atoms with Crippen LogP contribution in [-0.2, 0) is 16.0 Å². The SMILES string of the molecule is CCNC(=NCC1CCN(Cc2ccccc2F)CC1)NCCCOCC1CCOCC1. The van der Waals surface area contributed by atoms with Crippen LogP contribution in [-0.4, -0.2) is 70.0 Å². The molecule has 2 aliphatic heterocycles. The minimum absolute atomic E-state index is 0.102. The summed E-state index contributed by atoms with van der Waals surface area (Å²) >= 11 is 0. The molecule has 2 fully saturated rings. The molecule has 2 saturated heterocycles. The molecule has 0 bridgehead atoms. The third kappa shape index (κ3) is 9.04. The van der Waals surface area contributed by atoms with Gasteiger partial charge in [-0.05, 0) is 70.0 Å². The van der Waals surface area contributed by atoms with E-state index in [1.54, 1.807) is 12.1 Å². The molecule has 0 spiro atoms. The van der Waals surface area contributed by atoms with Crippen LogP contribution in [0.3, 0.4) is 0 Å². The van der Waals surface area contributed by atoms with Crippen LogP contribution in [0.25, 0.3) is 0 Å². The maximum atomic E-state index is 13.9. The largest absolute Gasteiger partial charge is 0.381 e. The Morgan fingerprint density at radius 3 is 2.66 bits per heavy atom. The number of ether oxygens (including phenoxy) is 2. The Labute approximate surface area is 193 Å². The van der Waals surface area contributed by atoms with Gasteiger partial charge in [-0.25, -0.2) is 4.39 Å². The lowest BCUT2D eigenvalue weighted by Crippen LogP contribution is -2.39. The number of hydrogen-bond acceptors (Lipinski definition) is 4. The molecular formula is C25H41FN4O2. The Kier molecular flexibility index (Phi) is 11.3. The number of aliphatic imine (C=N–C) groups is 1. The van der Waals surface area contributed by atoms with Crippen molar-refractivity contribution in [3.63, 3.8) is 0 Å². The molecule has 6 nitrogen and oxygen atoms in total. The fourth-order valence-electron chi connectivity index (χ4n) is 4.30. The summed E-state index contributed by atoms with van der Waals surface area (Å²) < 4.78 is 25.1. The summed E-state index contributed by atoms with van der Waals surface area (Å²) in [7, 11) is 0. The van der Waals surface area contributed by atoms with Crippen LogP contribution >= 0.6 is 0 Å². The summed E-state index contributed by atoms with van der Waals surface area (Å²) in [4.78, 5) is 7.16. The number of halogens is 1.